The lowest BCUT2D eigenvalue weighted by Gasteiger charge is -2.28. The molecule has 0 atom stereocenters. The van der Waals surface area contributed by atoms with Crippen molar-refractivity contribution in [3.05, 3.63) is 0 Å². The van der Waals surface area contributed by atoms with Gasteiger partial charge >= 0.3 is 0 Å². The van der Waals surface area contributed by atoms with E-state index in [0.717, 1.165) is 32.4 Å². The minimum atomic E-state index is -0.311. The van der Waals surface area contributed by atoms with Gasteiger partial charge in [-0.3, -0.25) is 0 Å². The van der Waals surface area contributed by atoms with Crippen LogP contribution in [0.1, 0.15) is 26.2 Å². The predicted molar refractivity (Wildman–Crippen MR) is 36.1 cm³/mol. The molecule has 1 fully saturated rings. The molecule has 0 spiro atoms. The predicted octanol–water partition coefficient (Wildman–Crippen LogP) is -0.515. The molecule has 9 heavy (non-hydrogen) atoms. The SMILES string of the molecule is CCC1(O)CC[NH2+]CC1. The number of piperidine rings is 1. The molecule has 0 aliphatic carbocycles. The third kappa shape index (κ3) is 1.66. The molecule has 0 aromatic heterocycles. The molecule has 0 amide bonds. The van der Waals surface area contributed by atoms with Crippen molar-refractivity contribution in [2.24, 2.45) is 0 Å². The van der Waals surface area contributed by atoms with Gasteiger partial charge in [-0.2, -0.15) is 0 Å². The van der Waals surface area contributed by atoms with Crippen LogP contribution in [0.3, 0.4) is 0 Å². The summed E-state index contributed by atoms with van der Waals surface area (Å²) in [5.41, 5.74) is -0.311. The Labute approximate surface area is 56.3 Å². The Bertz CT molecular complexity index is 86.9. The van der Waals surface area contributed by atoms with E-state index in [1.807, 2.05) is 0 Å². The lowest BCUT2D eigenvalue weighted by atomic mass is 9.90. The molecule has 0 saturated carbocycles. The lowest BCUT2D eigenvalue weighted by Crippen LogP contribution is -2.87. The number of hydrogen-bond donors (Lipinski definition) is 2. The minimum absolute atomic E-state index is 0.311. The van der Waals surface area contributed by atoms with Crippen molar-refractivity contribution in [1.82, 2.24) is 0 Å². The molecule has 1 rings (SSSR count). The van der Waals surface area contributed by atoms with Crippen LogP contribution in [0.25, 0.3) is 0 Å². The van der Waals surface area contributed by atoms with Gasteiger partial charge in [-0.05, 0) is 6.42 Å². The number of hydrogen-bond acceptors (Lipinski definition) is 1. The van der Waals surface area contributed by atoms with Crippen LogP contribution in [0.5, 0.6) is 0 Å². The fraction of sp³-hybridized carbons (Fsp3) is 1.00. The standard InChI is InChI=1S/C7H15NO/c1-2-7(9)3-5-8-6-4-7/h8-9H,2-6H2,1H3/p+1. The zero-order valence-electron chi connectivity index (χ0n) is 6.06. The molecular weight excluding hydrogens is 114 g/mol. The molecule has 0 aromatic carbocycles. The molecule has 1 aliphatic rings. The fourth-order valence-corrected chi connectivity index (χ4v) is 1.36. The average molecular weight is 130 g/mol. The molecule has 1 saturated heterocycles. The van der Waals surface area contributed by atoms with Crippen LogP contribution in [0.2, 0.25) is 0 Å². The molecule has 0 radical (unpaired) electrons. The zero-order chi connectivity index (χ0) is 6.74. The first-order valence-corrected chi connectivity index (χ1v) is 3.81. The van der Waals surface area contributed by atoms with E-state index in [2.05, 4.69) is 12.2 Å². The second kappa shape index (κ2) is 2.67. The summed E-state index contributed by atoms with van der Waals surface area (Å²) in [7, 11) is 0. The highest BCUT2D eigenvalue weighted by atomic mass is 16.3. The van der Waals surface area contributed by atoms with Gasteiger partial charge in [0.15, 0.2) is 0 Å². The Morgan fingerprint density at radius 1 is 1.44 bits per heavy atom. The molecule has 2 nitrogen and oxygen atoms in total. The van der Waals surface area contributed by atoms with E-state index in [1.165, 1.54) is 0 Å². The maximum absolute atomic E-state index is 9.66. The van der Waals surface area contributed by atoms with E-state index in [-0.39, 0.29) is 5.60 Å². The van der Waals surface area contributed by atoms with Crippen LogP contribution in [0.4, 0.5) is 0 Å². The van der Waals surface area contributed by atoms with Crippen LogP contribution in [-0.2, 0) is 0 Å². The van der Waals surface area contributed by atoms with Gasteiger partial charge in [0.2, 0.25) is 0 Å². The van der Waals surface area contributed by atoms with Crippen LogP contribution in [0.15, 0.2) is 0 Å². The van der Waals surface area contributed by atoms with Gasteiger partial charge in [-0.15, -0.1) is 0 Å². The van der Waals surface area contributed by atoms with Crippen molar-refractivity contribution >= 4 is 0 Å². The largest absolute Gasteiger partial charge is 0.389 e. The Morgan fingerprint density at radius 2 is 2.00 bits per heavy atom. The second-order valence-electron chi connectivity index (χ2n) is 2.94. The highest BCUT2D eigenvalue weighted by Crippen LogP contribution is 2.18. The molecule has 1 aliphatic heterocycles. The molecule has 3 N–H and O–H groups in total. The molecule has 0 unspecified atom stereocenters. The maximum atomic E-state index is 9.66. The van der Waals surface area contributed by atoms with Gasteiger partial charge in [-0.1, -0.05) is 6.92 Å². The lowest BCUT2D eigenvalue weighted by molar-refractivity contribution is -0.668. The van der Waals surface area contributed by atoms with Crippen LogP contribution in [0, 0.1) is 0 Å². The molecule has 0 aromatic rings. The van der Waals surface area contributed by atoms with Crippen LogP contribution >= 0.6 is 0 Å². The van der Waals surface area contributed by atoms with Crippen molar-refractivity contribution < 1.29 is 10.4 Å². The smallest absolute Gasteiger partial charge is 0.0783 e. The highest BCUT2D eigenvalue weighted by Gasteiger charge is 2.28. The Hall–Kier alpha value is -0.0800. The Balaban J connectivity index is 2.37. The van der Waals surface area contributed by atoms with Crippen molar-refractivity contribution in [3.8, 4) is 0 Å². The van der Waals surface area contributed by atoms with Gasteiger partial charge in [0.25, 0.3) is 0 Å². The summed E-state index contributed by atoms with van der Waals surface area (Å²) < 4.78 is 0. The monoisotopic (exact) mass is 130 g/mol. The summed E-state index contributed by atoms with van der Waals surface area (Å²) in [5.74, 6) is 0. The summed E-state index contributed by atoms with van der Waals surface area (Å²) in [6.07, 6.45) is 2.87. The highest BCUT2D eigenvalue weighted by molar-refractivity contribution is 4.77. The number of nitrogens with two attached hydrogens (primary N) is 1. The number of aliphatic hydroxyl groups is 1. The van der Waals surface area contributed by atoms with Crippen molar-refractivity contribution in [3.63, 3.8) is 0 Å². The van der Waals surface area contributed by atoms with Gasteiger partial charge < -0.3 is 10.4 Å². The van der Waals surface area contributed by atoms with Gasteiger partial charge in [-0.25, -0.2) is 0 Å². The third-order valence-corrected chi connectivity index (χ3v) is 2.29. The van der Waals surface area contributed by atoms with E-state index < -0.39 is 0 Å². The summed E-state index contributed by atoms with van der Waals surface area (Å²) in [6.45, 7) is 4.26. The third-order valence-electron chi connectivity index (χ3n) is 2.29. The normalized spacial score (nSPS) is 26.0. The summed E-state index contributed by atoms with van der Waals surface area (Å²) in [6, 6.07) is 0. The molecule has 0 bridgehead atoms. The number of quaternary nitrogens is 1. The van der Waals surface area contributed by atoms with E-state index in [9.17, 15) is 5.11 Å². The van der Waals surface area contributed by atoms with Crippen molar-refractivity contribution in [2.45, 2.75) is 31.8 Å². The van der Waals surface area contributed by atoms with Crippen LogP contribution in [-0.4, -0.2) is 23.8 Å². The first kappa shape index (κ1) is 7.03. The van der Waals surface area contributed by atoms with Gasteiger partial charge in [0, 0.05) is 12.8 Å². The Morgan fingerprint density at radius 3 is 2.33 bits per heavy atom. The van der Waals surface area contributed by atoms with E-state index in [4.69, 9.17) is 0 Å². The average Bonchev–Trinajstić information content (AvgIpc) is 1.90. The van der Waals surface area contributed by atoms with Crippen molar-refractivity contribution in [1.29, 1.82) is 0 Å². The molecule has 2 heteroatoms. The molecular formula is C7H16NO+. The summed E-state index contributed by atoms with van der Waals surface area (Å²) in [4.78, 5) is 0. The zero-order valence-corrected chi connectivity index (χ0v) is 6.06. The minimum Gasteiger partial charge on any atom is -0.389 e. The summed E-state index contributed by atoms with van der Waals surface area (Å²) >= 11 is 0. The van der Waals surface area contributed by atoms with Crippen molar-refractivity contribution in [2.75, 3.05) is 13.1 Å². The van der Waals surface area contributed by atoms with E-state index in [0.29, 0.717) is 0 Å². The van der Waals surface area contributed by atoms with Gasteiger partial charge in [0.1, 0.15) is 0 Å². The first-order chi connectivity index (χ1) is 4.27. The van der Waals surface area contributed by atoms with Gasteiger partial charge in [0.05, 0.1) is 18.7 Å². The first-order valence-electron chi connectivity index (χ1n) is 3.81. The van der Waals surface area contributed by atoms with E-state index in [1.54, 1.807) is 0 Å². The fourth-order valence-electron chi connectivity index (χ4n) is 1.36. The topological polar surface area (TPSA) is 36.8 Å². The van der Waals surface area contributed by atoms with E-state index >= 15 is 0 Å². The Kier molecular flexibility index (Phi) is 2.09. The molecule has 54 valence electrons. The van der Waals surface area contributed by atoms with Crippen LogP contribution < -0.4 is 5.32 Å². The quantitative estimate of drug-likeness (QED) is 0.492. The maximum Gasteiger partial charge on any atom is 0.0783 e. The molecule has 1 heterocycles. The summed E-state index contributed by atoms with van der Waals surface area (Å²) in [5, 5.41) is 11.9. The second-order valence-corrected chi connectivity index (χ2v) is 2.94. The number of rotatable bonds is 1.